The predicted molar refractivity (Wildman–Crippen MR) is 51.9 cm³/mol. The standard InChI is InChI=1S/C10H14ClNO/c1-6(8-3-4-8)9-5-12-10(13-9)7(2)11/h5-8H,3-4H2,1-2H3. The van der Waals surface area contributed by atoms with Gasteiger partial charge in [0.2, 0.25) is 5.89 Å². The Balaban J connectivity index is 2.11. The minimum absolute atomic E-state index is 0.125. The van der Waals surface area contributed by atoms with Crippen LogP contribution in [0.25, 0.3) is 0 Å². The first-order valence-corrected chi connectivity index (χ1v) is 5.22. The van der Waals surface area contributed by atoms with Gasteiger partial charge in [-0.25, -0.2) is 4.98 Å². The van der Waals surface area contributed by atoms with E-state index in [1.165, 1.54) is 12.8 Å². The van der Waals surface area contributed by atoms with Crippen molar-refractivity contribution in [2.45, 2.75) is 38.0 Å². The molecule has 1 aliphatic rings. The van der Waals surface area contributed by atoms with Crippen LogP contribution in [0.2, 0.25) is 0 Å². The number of nitrogens with zero attached hydrogens (tertiary/aromatic N) is 1. The number of oxazole rings is 1. The third kappa shape index (κ3) is 1.88. The normalized spacial score (nSPS) is 21.5. The highest BCUT2D eigenvalue weighted by molar-refractivity contribution is 6.20. The van der Waals surface area contributed by atoms with Crippen molar-refractivity contribution >= 4 is 11.6 Å². The first kappa shape index (κ1) is 9.07. The van der Waals surface area contributed by atoms with E-state index in [0.29, 0.717) is 11.8 Å². The Morgan fingerprint density at radius 1 is 1.54 bits per heavy atom. The fraction of sp³-hybridized carbons (Fsp3) is 0.700. The summed E-state index contributed by atoms with van der Waals surface area (Å²) in [5.41, 5.74) is 0. The van der Waals surface area contributed by atoms with Crippen LogP contribution in [0, 0.1) is 5.92 Å². The molecule has 0 radical (unpaired) electrons. The maximum Gasteiger partial charge on any atom is 0.212 e. The second-order valence-corrected chi connectivity index (χ2v) is 4.50. The highest BCUT2D eigenvalue weighted by atomic mass is 35.5. The molecule has 1 saturated carbocycles. The Kier molecular flexibility index (Phi) is 2.33. The Bertz CT molecular complexity index is 291. The molecule has 0 amide bonds. The summed E-state index contributed by atoms with van der Waals surface area (Å²) in [5.74, 6) is 2.96. The van der Waals surface area contributed by atoms with Gasteiger partial charge < -0.3 is 4.42 Å². The van der Waals surface area contributed by atoms with Crippen molar-refractivity contribution in [1.82, 2.24) is 4.98 Å². The summed E-state index contributed by atoms with van der Waals surface area (Å²) in [6.45, 7) is 4.07. The average Bonchev–Trinajstić information content (AvgIpc) is 2.81. The lowest BCUT2D eigenvalue weighted by molar-refractivity contribution is 0.417. The van der Waals surface area contributed by atoms with Crippen LogP contribution in [-0.4, -0.2) is 4.98 Å². The molecular formula is C10H14ClNO. The molecular weight excluding hydrogens is 186 g/mol. The number of halogens is 1. The number of hydrogen-bond donors (Lipinski definition) is 0. The second kappa shape index (κ2) is 3.33. The zero-order chi connectivity index (χ0) is 9.42. The Hall–Kier alpha value is -0.500. The van der Waals surface area contributed by atoms with Crippen LogP contribution in [-0.2, 0) is 0 Å². The van der Waals surface area contributed by atoms with Gasteiger partial charge in [-0.15, -0.1) is 11.6 Å². The van der Waals surface area contributed by atoms with Gasteiger partial charge in [0.05, 0.1) is 6.20 Å². The Morgan fingerprint density at radius 3 is 2.69 bits per heavy atom. The summed E-state index contributed by atoms with van der Waals surface area (Å²) in [5, 5.41) is -0.125. The van der Waals surface area contributed by atoms with E-state index >= 15 is 0 Å². The first-order chi connectivity index (χ1) is 6.18. The quantitative estimate of drug-likeness (QED) is 0.697. The lowest BCUT2D eigenvalue weighted by Crippen LogP contribution is -1.92. The summed E-state index contributed by atoms with van der Waals surface area (Å²) < 4.78 is 5.57. The van der Waals surface area contributed by atoms with Gasteiger partial charge in [-0.05, 0) is 25.7 Å². The van der Waals surface area contributed by atoms with E-state index in [0.717, 1.165) is 11.7 Å². The van der Waals surface area contributed by atoms with E-state index in [2.05, 4.69) is 11.9 Å². The van der Waals surface area contributed by atoms with Gasteiger partial charge in [0.15, 0.2) is 0 Å². The van der Waals surface area contributed by atoms with E-state index in [9.17, 15) is 0 Å². The Morgan fingerprint density at radius 2 is 2.23 bits per heavy atom. The lowest BCUT2D eigenvalue weighted by Gasteiger charge is -2.04. The van der Waals surface area contributed by atoms with Gasteiger partial charge in [-0.3, -0.25) is 0 Å². The molecule has 2 rings (SSSR count). The maximum absolute atomic E-state index is 5.86. The minimum Gasteiger partial charge on any atom is -0.444 e. The van der Waals surface area contributed by atoms with Gasteiger partial charge in [0, 0.05) is 5.92 Å². The van der Waals surface area contributed by atoms with Gasteiger partial charge in [0.1, 0.15) is 11.1 Å². The molecule has 0 aliphatic heterocycles. The SMILES string of the molecule is CC(Cl)c1ncc(C(C)C2CC2)o1. The highest BCUT2D eigenvalue weighted by Gasteiger charge is 2.31. The zero-order valence-corrected chi connectivity index (χ0v) is 8.71. The van der Waals surface area contributed by atoms with E-state index in [-0.39, 0.29) is 5.38 Å². The zero-order valence-electron chi connectivity index (χ0n) is 7.96. The van der Waals surface area contributed by atoms with Gasteiger partial charge in [-0.1, -0.05) is 6.92 Å². The van der Waals surface area contributed by atoms with Gasteiger partial charge in [-0.2, -0.15) is 0 Å². The predicted octanol–water partition coefficient (Wildman–Crippen LogP) is 3.49. The van der Waals surface area contributed by atoms with Crippen molar-refractivity contribution in [2.75, 3.05) is 0 Å². The lowest BCUT2D eigenvalue weighted by atomic mass is 10.0. The van der Waals surface area contributed by atoms with Crippen LogP contribution in [0.5, 0.6) is 0 Å². The van der Waals surface area contributed by atoms with E-state index < -0.39 is 0 Å². The highest BCUT2D eigenvalue weighted by Crippen LogP contribution is 2.42. The molecule has 2 nitrogen and oxygen atoms in total. The van der Waals surface area contributed by atoms with Crippen LogP contribution >= 0.6 is 11.6 Å². The number of alkyl halides is 1. The number of rotatable bonds is 3. The van der Waals surface area contributed by atoms with E-state index in [4.69, 9.17) is 16.0 Å². The molecule has 2 unspecified atom stereocenters. The molecule has 1 fully saturated rings. The number of aromatic nitrogens is 1. The minimum atomic E-state index is -0.125. The molecule has 0 N–H and O–H groups in total. The van der Waals surface area contributed by atoms with Crippen LogP contribution in [0.4, 0.5) is 0 Å². The van der Waals surface area contributed by atoms with E-state index in [1.54, 1.807) is 0 Å². The maximum atomic E-state index is 5.86. The molecule has 0 saturated heterocycles. The smallest absolute Gasteiger partial charge is 0.212 e. The summed E-state index contributed by atoms with van der Waals surface area (Å²) in [6.07, 6.45) is 4.47. The fourth-order valence-electron chi connectivity index (χ4n) is 1.52. The second-order valence-electron chi connectivity index (χ2n) is 3.84. The van der Waals surface area contributed by atoms with Crippen molar-refractivity contribution in [3.63, 3.8) is 0 Å². The molecule has 0 spiro atoms. The largest absolute Gasteiger partial charge is 0.444 e. The fourth-order valence-corrected chi connectivity index (χ4v) is 1.62. The van der Waals surface area contributed by atoms with Crippen LogP contribution in [0.15, 0.2) is 10.6 Å². The first-order valence-electron chi connectivity index (χ1n) is 4.78. The third-order valence-corrected chi connectivity index (χ3v) is 2.85. The van der Waals surface area contributed by atoms with E-state index in [1.807, 2.05) is 13.1 Å². The molecule has 3 heteroatoms. The summed E-state index contributed by atoms with van der Waals surface area (Å²) in [4.78, 5) is 4.15. The molecule has 72 valence electrons. The molecule has 1 aromatic rings. The average molecular weight is 200 g/mol. The summed E-state index contributed by atoms with van der Waals surface area (Å²) in [6, 6.07) is 0. The molecule has 1 heterocycles. The molecule has 2 atom stereocenters. The van der Waals surface area contributed by atoms with Crippen molar-refractivity contribution in [2.24, 2.45) is 5.92 Å². The molecule has 0 aromatic carbocycles. The monoisotopic (exact) mass is 199 g/mol. The molecule has 1 aromatic heterocycles. The van der Waals surface area contributed by atoms with Crippen LogP contribution in [0.1, 0.15) is 49.6 Å². The van der Waals surface area contributed by atoms with Crippen molar-refractivity contribution in [3.8, 4) is 0 Å². The Labute approximate surface area is 83.3 Å². The summed E-state index contributed by atoms with van der Waals surface area (Å²) >= 11 is 5.86. The van der Waals surface area contributed by atoms with Gasteiger partial charge >= 0.3 is 0 Å². The summed E-state index contributed by atoms with van der Waals surface area (Å²) in [7, 11) is 0. The van der Waals surface area contributed by atoms with Crippen LogP contribution in [0.3, 0.4) is 0 Å². The topological polar surface area (TPSA) is 26.0 Å². The van der Waals surface area contributed by atoms with Gasteiger partial charge in [0.25, 0.3) is 0 Å². The van der Waals surface area contributed by atoms with Crippen LogP contribution < -0.4 is 0 Å². The molecule has 0 bridgehead atoms. The van der Waals surface area contributed by atoms with Crippen molar-refractivity contribution < 1.29 is 4.42 Å². The number of hydrogen-bond acceptors (Lipinski definition) is 2. The third-order valence-electron chi connectivity index (χ3n) is 2.66. The van der Waals surface area contributed by atoms with Crippen molar-refractivity contribution in [3.05, 3.63) is 17.8 Å². The molecule has 1 aliphatic carbocycles. The van der Waals surface area contributed by atoms with Crippen molar-refractivity contribution in [1.29, 1.82) is 0 Å². The molecule has 13 heavy (non-hydrogen) atoms.